The average Bonchev–Trinajstić information content (AvgIpc) is 2.66. The third-order valence-corrected chi connectivity index (χ3v) is 5.84. The lowest BCUT2D eigenvalue weighted by Crippen LogP contribution is -2.44. The molecule has 5 nitrogen and oxygen atoms in total. The van der Waals surface area contributed by atoms with Crippen molar-refractivity contribution in [3.05, 3.63) is 58.4 Å². The highest BCUT2D eigenvalue weighted by Crippen LogP contribution is 2.34. The number of hydrogen-bond acceptors (Lipinski definition) is 4. The van der Waals surface area contributed by atoms with Crippen LogP contribution in [0, 0.1) is 13.8 Å². The van der Waals surface area contributed by atoms with Crippen LogP contribution in [0.15, 0.2) is 30.5 Å². The second kappa shape index (κ2) is 9.17. The van der Waals surface area contributed by atoms with Crippen LogP contribution in [0.4, 0.5) is 0 Å². The van der Waals surface area contributed by atoms with E-state index in [1.165, 1.54) is 11.1 Å². The van der Waals surface area contributed by atoms with E-state index in [-0.39, 0.29) is 5.41 Å². The number of carboxylic acids is 1. The minimum atomic E-state index is -0.732. The van der Waals surface area contributed by atoms with Crippen LogP contribution in [-0.2, 0) is 23.4 Å². The molecule has 0 aliphatic carbocycles. The number of aryl methyl sites for hydroxylation is 2. The molecule has 0 radical (unpaired) electrons. The minimum Gasteiger partial charge on any atom is -0.487 e. The molecular weight excluding hydrogens is 376 g/mol. The lowest BCUT2D eigenvalue weighted by atomic mass is 9.83. The Balaban J connectivity index is 1.91. The van der Waals surface area contributed by atoms with Crippen LogP contribution in [0.3, 0.4) is 0 Å². The maximum Gasteiger partial charge on any atom is 0.320 e. The van der Waals surface area contributed by atoms with Crippen molar-refractivity contribution in [2.75, 3.05) is 6.54 Å². The summed E-state index contributed by atoms with van der Waals surface area (Å²) in [5, 5.41) is 9.66. The zero-order valence-corrected chi connectivity index (χ0v) is 18.9. The molecule has 3 rings (SSSR count). The number of aromatic nitrogens is 1. The number of carbonyl (C=O) groups is 1. The zero-order chi connectivity index (χ0) is 21.9. The molecule has 30 heavy (non-hydrogen) atoms. The molecule has 2 aromatic rings. The van der Waals surface area contributed by atoms with Crippen molar-refractivity contribution >= 4 is 5.97 Å². The smallest absolute Gasteiger partial charge is 0.320 e. The van der Waals surface area contributed by atoms with Crippen LogP contribution in [0.2, 0.25) is 0 Å². The molecule has 1 aromatic carbocycles. The Morgan fingerprint density at radius 3 is 2.67 bits per heavy atom. The Bertz CT molecular complexity index is 902. The van der Waals surface area contributed by atoms with E-state index in [9.17, 15) is 9.90 Å². The third-order valence-electron chi connectivity index (χ3n) is 5.84. The molecule has 0 amide bonds. The van der Waals surface area contributed by atoms with Crippen LogP contribution in [0.5, 0.6) is 5.75 Å². The lowest BCUT2D eigenvalue weighted by Gasteiger charge is -2.33. The highest BCUT2D eigenvalue weighted by molar-refractivity contribution is 5.73. The van der Waals surface area contributed by atoms with Gasteiger partial charge in [-0.3, -0.25) is 14.7 Å². The number of pyridine rings is 1. The fraction of sp³-hybridized carbons (Fsp3) is 0.520. The monoisotopic (exact) mass is 410 g/mol. The summed E-state index contributed by atoms with van der Waals surface area (Å²) < 4.78 is 6.27. The molecule has 162 valence electrons. The molecule has 0 spiro atoms. The largest absolute Gasteiger partial charge is 0.487 e. The summed E-state index contributed by atoms with van der Waals surface area (Å²) in [6, 6.07) is 7.89. The number of nitrogens with zero attached hydrogens (tertiary/aromatic N) is 2. The Hall–Kier alpha value is -2.40. The number of ether oxygens (including phenoxy) is 1. The Morgan fingerprint density at radius 2 is 2.00 bits per heavy atom. The van der Waals surface area contributed by atoms with Crippen LogP contribution < -0.4 is 4.74 Å². The van der Waals surface area contributed by atoms with Gasteiger partial charge in [0.15, 0.2) is 0 Å². The van der Waals surface area contributed by atoms with E-state index in [0.29, 0.717) is 19.6 Å². The molecule has 0 saturated carbocycles. The molecule has 1 atom stereocenters. The number of likely N-dealkylation sites (tertiary alicyclic amines) is 1. The van der Waals surface area contributed by atoms with Gasteiger partial charge in [-0.05, 0) is 73.5 Å². The molecule has 1 aliphatic rings. The van der Waals surface area contributed by atoms with E-state index in [0.717, 1.165) is 42.0 Å². The van der Waals surface area contributed by atoms with Gasteiger partial charge in [-0.2, -0.15) is 0 Å². The number of rotatable bonds is 6. The fourth-order valence-corrected chi connectivity index (χ4v) is 4.32. The highest BCUT2D eigenvalue weighted by atomic mass is 16.5. The molecule has 2 heterocycles. The van der Waals surface area contributed by atoms with Gasteiger partial charge < -0.3 is 9.84 Å². The first-order valence-electron chi connectivity index (χ1n) is 10.8. The van der Waals surface area contributed by atoms with Gasteiger partial charge in [0.05, 0.1) is 5.69 Å². The van der Waals surface area contributed by atoms with Crippen molar-refractivity contribution in [2.24, 2.45) is 0 Å². The van der Waals surface area contributed by atoms with E-state index in [2.05, 4.69) is 49.7 Å². The van der Waals surface area contributed by atoms with Crippen molar-refractivity contribution in [1.82, 2.24) is 9.88 Å². The van der Waals surface area contributed by atoms with Crippen LogP contribution in [0.25, 0.3) is 0 Å². The Kier molecular flexibility index (Phi) is 6.81. The first-order valence-corrected chi connectivity index (χ1v) is 10.8. The summed E-state index contributed by atoms with van der Waals surface area (Å²) in [6.45, 7) is 12.5. The number of benzene rings is 1. The van der Waals surface area contributed by atoms with Gasteiger partial charge in [-0.25, -0.2) is 0 Å². The summed E-state index contributed by atoms with van der Waals surface area (Å²) in [4.78, 5) is 18.2. The van der Waals surface area contributed by atoms with Crippen LogP contribution in [-0.4, -0.2) is 33.5 Å². The van der Waals surface area contributed by atoms with Crippen LogP contribution >= 0.6 is 0 Å². The average molecular weight is 411 g/mol. The first-order chi connectivity index (χ1) is 14.1. The molecule has 5 heteroatoms. The summed E-state index contributed by atoms with van der Waals surface area (Å²) in [5.74, 6) is 0.0905. The molecule has 0 bridgehead atoms. The minimum absolute atomic E-state index is 0.00294. The molecule has 1 aromatic heterocycles. The van der Waals surface area contributed by atoms with Gasteiger partial charge in [0.25, 0.3) is 0 Å². The standard InChI is InChI=1S/C25H34N2O3/c1-17-9-10-26-20(12-17)16-30-23-14-21(25(3,4)5)18(2)13-19(23)15-27-11-7-6-8-22(27)24(28)29/h9-10,12-14,22H,6-8,11,15-16H2,1-5H3,(H,28,29)/t22-/m0/s1. The van der Waals surface area contributed by atoms with Gasteiger partial charge in [0.1, 0.15) is 18.4 Å². The summed E-state index contributed by atoms with van der Waals surface area (Å²) in [5.41, 5.74) is 5.54. The molecule has 1 N–H and O–H groups in total. The SMILES string of the molecule is Cc1ccnc(COc2cc(C(C)(C)C)c(C)cc2CN2CCCC[C@H]2C(=O)O)c1. The second-order valence-corrected chi connectivity index (χ2v) is 9.46. The lowest BCUT2D eigenvalue weighted by molar-refractivity contribution is -0.144. The van der Waals surface area contributed by atoms with Crippen molar-refractivity contribution in [3.8, 4) is 5.75 Å². The normalized spacial score (nSPS) is 17.7. The summed E-state index contributed by atoms with van der Waals surface area (Å²) >= 11 is 0. The fourth-order valence-electron chi connectivity index (χ4n) is 4.32. The van der Waals surface area contributed by atoms with Crippen molar-refractivity contribution < 1.29 is 14.6 Å². The molecule has 1 aliphatic heterocycles. The van der Waals surface area contributed by atoms with Crippen molar-refractivity contribution in [2.45, 2.75) is 78.5 Å². The number of carboxylic acid groups (broad SMARTS) is 1. The van der Waals surface area contributed by atoms with Crippen LogP contribution in [0.1, 0.15) is 68.0 Å². The van der Waals surface area contributed by atoms with Gasteiger partial charge in [-0.15, -0.1) is 0 Å². The highest BCUT2D eigenvalue weighted by Gasteiger charge is 2.29. The van der Waals surface area contributed by atoms with E-state index in [1.807, 2.05) is 19.1 Å². The van der Waals surface area contributed by atoms with Crippen molar-refractivity contribution in [1.29, 1.82) is 0 Å². The van der Waals surface area contributed by atoms with Gasteiger partial charge in [0, 0.05) is 18.3 Å². The maximum absolute atomic E-state index is 11.8. The van der Waals surface area contributed by atoms with Gasteiger partial charge in [-0.1, -0.05) is 33.3 Å². The van der Waals surface area contributed by atoms with E-state index in [4.69, 9.17) is 4.74 Å². The number of hydrogen-bond donors (Lipinski definition) is 1. The predicted molar refractivity (Wildman–Crippen MR) is 119 cm³/mol. The van der Waals surface area contributed by atoms with Gasteiger partial charge >= 0.3 is 5.97 Å². The van der Waals surface area contributed by atoms with Crippen molar-refractivity contribution in [3.63, 3.8) is 0 Å². The predicted octanol–water partition coefficient (Wildman–Crippen LogP) is 5.01. The molecule has 1 fully saturated rings. The molecule has 0 unspecified atom stereocenters. The number of aliphatic carboxylic acids is 1. The summed E-state index contributed by atoms with van der Waals surface area (Å²) in [6.07, 6.45) is 4.51. The third kappa shape index (κ3) is 5.39. The molecular formula is C25H34N2O3. The van der Waals surface area contributed by atoms with E-state index in [1.54, 1.807) is 6.20 Å². The topological polar surface area (TPSA) is 62.7 Å². The molecule has 1 saturated heterocycles. The number of piperidine rings is 1. The maximum atomic E-state index is 11.8. The summed E-state index contributed by atoms with van der Waals surface area (Å²) in [7, 11) is 0. The Labute approximate surface area is 180 Å². The second-order valence-electron chi connectivity index (χ2n) is 9.46. The Morgan fingerprint density at radius 1 is 1.23 bits per heavy atom. The first kappa shape index (κ1) is 22.3. The quantitative estimate of drug-likeness (QED) is 0.725. The van der Waals surface area contributed by atoms with E-state index < -0.39 is 12.0 Å². The zero-order valence-electron chi connectivity index (χ0n) is 18.9. The van der Waals surface area contributed by atoms with E-state index >= 15 is 0 Å². The van der Waals surface area contributed by atoms with Gasteiger partial charge in [0.2, 0.25) is 0 Å².